The average molecular weight is 493 g/mol. The van der Waals surface area contributed by atoms with Gasteiger partial charge < -0.3 is 10.1 Å². The first-order valence-corrected chi connectivity index (χ1v) is 10.4. The maximum Gasteiger partial charge on any atom is 0.271 e. The molecule has 168 valence electrons. The van der Waals surface area contributed by atoms with Gasteiger partial charge >= 0.3 is 0 Å². The van der Waals surface area contributed by atoms with Crippen molar-refractivity contribution in [1.82, 2.24) is 0 Å². The van der Waals surface area contributed by atoms with Gasteiger partial charge in [-0.2, -0.15) is 10.5 Å². The van der Waals surface area contributed by atoms with Crippen molar-refractivity contribution in [2.45, 2.75) is 6.61 Å². The van der Waals surface area contributed by atoms with Gasteiger partial charge in [-0.1, -0.05) is 47.5 Å². The van der Waals surface area contributed by atoms with Crippen molar-refractivity contribution in [2.75, 3.05) is 5.32 Å². The molecule has 0 aliphatic carbocycles. The Bertz CT molecular complexity index is 1370. The number of hydrogen-bond acceptors (Lipinski definition) is 6. The van der Waals surface area contributed by atoms with Crippen LogP contribution < -0.4 is 10.1 Å². The lowest BCUT2D eigenvalue weighted by molar-refractivity contribution is -0.384. The largest absolute Gasteiger partial charge is 0.486 e. The van der Waals surface area contributed by atoms with Gasteiger partial charge in [0.2, 0.25) is 0 Å². The zero-order valence-corrected chi connectivity index (χ0v) is 18.8. The fourth-order valence-corrected chi connectivity index (χ4v) is 3.53. The highest BCUT2D eigenvalue weighted by Crippen LogP contribution is 2.35. The third-order valence-electron chi connectivity index (χ3n) is 4.52. The van der Waals surface area contributed by atoms with Gasteiger partial charge in [0.25, 0.3) is 11.6 Å². The molecule has 34 heavy (non-hydrogen) atoms. The fourth-order valence-electron chi connectivity index (χ4n) is 2.92. The predicted molar refractivity (Wildman–Crippen MR) is 127 cm³/mol. The van der Waals surface area contributed by atoms with Gasteiger partial charge in [0.1, 0.15) is 18.2 Å². The van der Waals surface area contributed by atoms with Crippen LogP contribution in [0, 0.1) is 32.8 Å². The summed E-state index contributed by atoms with van der Waals surface area (Å²) in [5.74, 6) is -0.573. The standard InChI is InChI=1S/C24H14Cl2N4O4/c25-21-9-15(10-22(26)23(21)34-14-17-5-2-1-4-16(17)12-27)8-18(13-28)24(31)29-19-6-3-7-20(11-19)30(32)33/h1-11H,14H2,(H,29,31)/b18-8+. The highest BCUT2D eigenvalue weighted by Gasteiger charge is 2.15. The number of nitro groups is 1. The lowest BCUT2D eigenvalue weighted by Crippen LogP contribution is -2.13. The normalized spacial score (nSPS) is 10.6. The Labute approximate surface area is 204 Å². The molecule has 1 amide bonds. The van der Waals surface area contributed by atoms with E-state index in [-0.39, 0.29) is 39.3 Å². The summed E-state index contributed by atoms with van der Waals surface area (Å²) in [6, 6.07) is 19.1. The van der Waals surface area contributed by atoms with Crippen LogP contribution in [0.15, 0.2) is 66.2 Å². The SMILES string of the molecule is N#C/C(=C\c1cc(Cl)c(OCc2ccccc2C#N)c(Cl)c1)C(=O)Nc1cccc([N+](=O)[O-])c1. The number of ether oxygens (including phenoxy) is 1. The van der Waals surface area contributed by atoms with Gasteiger partial charge in [0.15, 0.2) is 5.75 Å². The quantitative estimate of drug-likeness (QED) is 0.189. The molecule has 1 N–H and O–H groups in total. The van der Waals surface area contributed by atoms with Crippen molar-refractivity contribution in [2.24, 2.45) is 0 Å². The third kappa shape index (κ3) is 5.90. The highest BCUT2D eigenvalue weighted by molar-refractivity contribution is 6.37. The summed E-state index contributed by atoms with van der Waals surface area (Å²) in [6.07, 6.45) is 1.28. The molecular weight excluding hydrogens is 479 g/mol. The minimum atomic E-state index is -0.760. The number of carbonyl (C=O) groups is 1. The Morgan fingerprint density at radius 3 is 2.44 bits per heavy atom. The topological polar surface area (TPSA) is 129 Å². The molecule has 0 saturated carbocycles. The summed E-state index contributed by atoms with van der Waals surface area (Å²) in [6.45, 7) is 0.0629. The number of rotatable bonds is 7. The molecule has 0 atom stereocenters. The van der Waals surface area contributed by atoms with Gasteiger partial charge in [-0.25, -0.2) is 0 Å². The third-order valence-corrected chi connectivity index (χ3v) is 5.08. The number of halogens is 2. The summed E-state index contributed by atoms with van der Waals surface area (Å²) in [5.41, 5.74) is 1.18. The molecule has 3 aromatic rings. The number of nitrogens with one attached hydrogen (secondary N) is 1. The Balaban J connectivity index is 1.79. The number of anilines is 1. The zero-order chi connectivity index (χ0) is 24.7. The summed E-state index contributed by atoms with van der Waals surface area (Å²) in [5, 5.41) is 32.3. The number of hydrogen-bond donors (Lipinski definition) is 1. The number of benzene rings is 3. The second-order valence-electron chi connectivity index (χ2n) is 6.80. The van der Waals surface area contributed by atoms with Crippen molar-refractivity contribution in [1.29, 1.82) is 10.5 Å². The Kier molecular flexibility index (Phi) is 7.83. The molecule has 3 rings (SSSR count). The number of non-ortho nitro benzene ring substituents is 1. The van der Waals surface area contributed by atoms with Crippen LogP contribution in [-0.4, -0.2) is 10.8 Å². The maximum atomic E-state index is 12.5. The van der Waals surface area contributed by atoms with Crippen LogP contribution in [0.1, 0.15) is 16.7 Å². The van der Waals surface area contributed by atoms with Crippen LogP contribution in [0.3, 0.4) is 0 Å². The van der Waals surface area contributed by atoms with E-state index in [1.165, 1.54) is 42.5 Å². The second-order valence-corrected chi connectivity index (χ2v) is 7.62. The minimum absolute atomic E-state index is 0.0629. The number of nitrogens with zero attached hydrogens (tertiary/aromatic N) is 3. The van der Waals surface area contributed by atoms with E-state index in [1.54, 1.807) is 30.3 Å². The van der Waals surface area contributed by atoms with Crippen molar-refractivity contribution in [3.63, 3.8) is 0 Å². The maximum absolute atomic E-state index is 12.5. The predicted octanol–water partition coefficient (Wildman–Crippen LogP) is 5.90. The Morgan fingerprint density at radius 1 is 1.09 bits per heavy atom. The van der Waals surface area contributed by atoms with Crippen LogP contribution in [-0.2, 0) is 11.4 Å². The van der Waals surface area contributed by atoms with Crippen LogP contribution in [0.2, 0.25) is 10.0 Å². The van der Waals surface area contributed by atoms with E-state index in [0.717, 1.165) is 0 Å². The molecule has 0 spiro atoms. The van der Waals surface area contributed by atoms with E-state index in [1.807, 2.05) is 0 Å². The highest BCUT2D eigenvalue weighted by atomic mass is 35.5. The molecular formula is C24H14Cl2N4O4. The van der Waals surface area contributed by atoms with Gasteiger partial charge in [-0.15, -0.1) is 0 Å². The summed E-state index contributed by atoms with van der Waals surface area (Å²) < 4.78 is 5.70. The molecule has 0 aliphatic heterocycles. The van der Waals surface area contributed by atoms with Crippen LogP contribution >= 0.6 is 23.2 Å². The minimum Gasteiger partial charge on any atom is -0.486 e. The first-order valence-electron chi connectivity index (χ1n) is 9.60. The first-order chi connectivity index (χ1) is 16.3. The lowest BCUT2D eigenvalue weighted by atomic mass is 10.1. The average Bonchev–Trinajstić information content (AvgIpc) is 2.82. The second kappa shape index (κ2) is 11.0. The molecule has 0 fully saturated rings. The van der Waals surface area contributed by atoms with E-state index < -0.39 is 10.8 Å². The molecule has 0 heterocycles. The smallest absolute Gasteiger partial charge is 0.271 e. The molecule has 3 aromatic carbocycles. The van der Waals surface area contributed by atoms with Crippen LogP contribution in [0.5, 0.6) is 5.75 Å². The number of nitriles is 2. The van der Waals surface area contributed by atoms with E-state index in [4.69, 9.17) is 27.9 Å². The molecule has 0 saturated heterocycles. The van der Waals surface area contributed by atoms with E-state index in [0.29, 0.717) is 16.7 Å². The van der Waals surface area contributed by atoms with E-state index >= 15 is 0 Å². The van der Waals surface area contributed by atoms with Gasteiger partial charge in [-0.05, 0) is 35.9 Å². The van der Waals surface area contributed by atoms with Crippen molar-refractivity contribution in [3.05, 3.63) is 103 Å². The Hall–Kier alpha value is -4.37. The molecule has 10 heteroatoms. The van der Waals surface area contributed by atoms with E-state index in [2.05, 4.69) is 11.4 Å². The van der Waals surface area contributed by atoms with Crippen molar-refractivity contribution >= 4 is 46.6 Å². The number of amides is 1. The summed E-state index contributed by atoms with van der Waals surface area (Å²) in [4.78, 5) is 22.8. The van der Waals surface area contributed by atoms with Crippen LogP contribution in [0.4, 0.5) is 11.4 Å². The van der Waals surface area contributed by atoms with Gasteiger partial charge in [0, 0.05) is 23.4 Å². The van der Waals surface area contributed by atoms with Crippen molar-refractivity contribution in [3.8, 4) is 17.9 Å². The molecule has 0 aliphatic rings. The Morgan fingerprint density at radius 2 is 1.79 bits per heavy atom. The number of nitro benzene ring substituents is 1. The van der Waals surface area contributed by atoms with E-state index in [9.17, 15) is 25.4 Å². The molecule has 8 nitrogen and oxygen atoms in total. The zero-order valence-electron chi connectivity index (χ0n) is 17.3. The molecule has 0 bridgehead atoms. The van der Waals surface area contributed by atoms with Gasteiger partial charge in [-0.3, -0.25) is 14.9 Å². The monoisotopic (exact) mass is 492 g/mol. The fraction of sp³-hybridized carbons (Fsp3) is 0.0417. The molecule has 0 unspecified atom stereocenters. The first kappa shape index (κ1) is 24.3. The molecule has 0 aromatic heterocycles. The summed E-state index contributed by atoms with van der Waals surface area (Å²) in [7, 11) is 0. The van der Waals surface area contributed by atoms with Crippen molar-refractivity contribution < 1.29 is 14.5 Å². The summed E-state index contributed by atoms with van der Waals surface area (Å²) >= 11 is 12.6. The molecule has 0 radical (unpaired) electrons. The van der Waals surface area contributed by atoms with Gasteiger partial charge in [0.05, 0.1) is 26.6 Å². The lowest BCUT2D eigenvalue weighted by Gasteiger charge is -2.12. The number of carbonyl (C=O) groups excluding carboxylic acids is 1. The van der Waals surface area contributed by atoms with Crippen LogP contribution in [0.25, 0.3) is 6.08 Å².